The third-order valence-corrected chi connectivity index (χ3v) is 6.05. The number of benzene rings is 1. The number of nitrogens with one attached hydrogen (secondary N) is 2. The number of likely N-dealkylation sites (tertiary alicyclic amines) is 1. The molecule has 0 aromatic heterocycles. The number of nitrogens with zero attached hydrogens (tertiary/aromatic N) is 1. The molecule has 3 rings (SSSR count). The number of rotatable bonds is 6. The van der Waals surface area contributed by atoms with Gasteiger partial charge in [-0.15, -0.1) is 11.6 Å². The third-order valence-electron chi connectivity index (χ3n) is 5.62. The van der Waals surface area contributed by atoms with Crippen LogP contribution in [-0.4, -0.2) is 53.1 Å². The number of carbonyl (C=O) groups excluding carboxylic acids is 2. The Labute approximate surface area is 164 Å². The van der Waals surface area contributed by atoms with Gasteiger partial charge in [-0.1, -0.05) is 18.2 Å². The van der Waals surface area contributed by atoms with Crippen molar-refractivity contribution >= 4 is 23.4 Å². The van der Waals surface area contributed by atoms with Gasteiger partial charge in [0, 0.05) is 24.1 Å². The van der Waals surface area contributed by atoms with Gasteiger partial charge in [-0.25, -0.2) is 4.39 Å². The Bertz CT molecular complexity index is 683. The normalized spacial score (nSPS) is 27.4. The minimum atomic E-state index is -1.57. The minimum absolute atomic E-state index is 0.0633. The highest BCUT2D eigenvalue weighted by atomic mass is 35.5. The van der Waals surface area contributed by atoms with Crippen LogP contribution >= 0.6 is 11.6 Å². The van der Waals surface area contributed by atoms with Gasteiger partial charge in [-0.3, -0.25) is 14.5 Å². The molecule has 1 aromatic rings. The molecule has 7 heteroatoms. The van der Waals surface area contributed by atoms with Gasteiger partial charge in [0.15, 0.2) is 0 Å². The number of alkyl halides is 2. The molecule has 2 fully saturated rings. The monoisotopic (exact) mass is 395 g/mol. The maximum Gasteiger partial charge on any atom is 0.251 e. The van der Waals surface area contributed by atoms with Crippen LogP contribution in [0.1, 0.15) is 49.4 Å². The van der Waals surface area contributed by atoms with Crippen LogP contribution in [0.3, 0.4) is 0 Å². The van der Waals surface area contributed by atoms with Crippen LogP contribution in [0.5, 0.6) is 0 Å². The number of amides is 2. The van der Waals surface area contributed by atoms with Crippen LogP contribution < -0.4 is 10.6 Å². The summed E-state index contributed by atoms with van der Waals surface area (Å²) in [5.74, 6) is -0.360. The van der Waals surface area contributed by atoms with Crippen LogP contribution in [0, 0.1) is 0 Å². The highest BCUT2D eigenvalue weighted by Gasteiger charge is 2.41. The van der Waals surface area contributed by atoms with Gasteiger partial charge < -0.3 is 10.6 Å². The van der Waals surface area contributed by atoms with E-state index in [0.29, 0.717) is 12.1 Å². The van der Waals surface area contributed by atoms with Crippen molar-refractivity contribution in [3.63, 3.8) is 0 Å². The molecule has 2 aliphatic rings. The maximum absolute atomic E-state index is 15.1. The molecule has 0 bridgehead atoms. The van der Waals surface area contributed by atoms with Crippen molar-refractivity contribution < 1.29 is 14.0 Å². The lowest BCUT2D eigenvalue weighted by Crippen LogP contribution is -2.56. The minimum Gasteiger partial charge on any atom is -0.350 e. The first-order chi connectivity index (χ1) is 12.8. The fraction of sp³-hybridized carbons (Fsp3) is 0.600. The molecule has 2 unspecified atom stereocenters. The zero-order chi connectivity index (χ0) is 19.5. The van der Waals surface area contributed by atoms with Crippen molar-refractivity contribution in [3.8, 4) is 0 Å². The van der Waals surface area contributed by atoms with E-state index in [1.54, 1.807) is 29.2 Å². The molecule has 0 radical (unpaired) electrons. The van der Waals surface area contributed by atoms with E-state index in [4.69, 9.17) is 11.6 Å². The topological polar surface area (TPSA) is 61.4 Å². The molecule has 148 valence electrons. The van der Waals surface area contributed by atoms with Crippen molar-refractivity contribution in [3.05, 3.63) is 35.9 Å². The Morgan fingerprint density at radius 3 is 2.56 bits per heavy atom. The Balaban J connectivity index is 1.46. The van der Waals surface area contributed by atoms with Gasteiger partial charge in [0.05, 0.1) is 18.6 Å². The van der Waals surface area contributed by atoms with Crippen LogP contribution in [0.25, 0.3) is 0 Å². The summed E-state index contributed by atoms with van der Waals surface area (Å²) in [7, 11) is 0. The van der Waals surface area contributed by atoms with Gasteiger partial charge in [0.1, 0.15) is 5.67 Å². The van der Waals surface area contributed by atoms with Gasteiger partial charge in [0.25, 0.3) is 5.91 Å². The van der Waals surface area contributed by atoms with E-state index in [2.05, 4.69) is 10.6 Å². The predicted octanol–water partition coefficient (Wildman–Crippen LogP) is 2.84. The molecule has 2 atom stereocenters. The van der Waals surface area contributed by atoms with Crippen molar-refractivity contribution in [2.24, 2.45) is 0 Å². The summed E-state index contributed by atoms with van der Waals surface area (Å²) in [6, 6.07) is 8.73. The lowest BCUT2D eigenvalue weighted by molar-refractivity contribution is -0.126. The van der Waals surface area contributed by atoms with Crippen molar-refractivity contribution in [1.29, 1.82) is 0 Å². The second kappa shape index (κ2) is 8.15. The molecule has 1 heterocycles. The quantitative estimate of drug-likeness (QED) is 0.575. The second-order valence-corrected chi connectivity index (χ2v) is 8.52. The zero-order valence-corrected chi connectivity index (χ0v) is 16.4. The molecule has 27 heavy (non-hydrogen) atoms. The molecule has 1 saturated heterocycles. The molecule has 1 aliphatic carbocycles. The zero-order valence-electron chi connectivity index (χ0n) is 15.6. The molecular weight excluding hydrogens is 369 g/mol. The van der Waals surface area contributed by atoms with Crippen LogP contribution in [-0.2, 0) is 4.79 Å². The summed E-state index contributed by atoms with van der Waals surface area (Å²) < 4.78 is 15.1. The first-order valence-corrected chi connectivity index (χ1v) is 9.94. The lowest BCUT2D eigenvalue weighted by Gasteiger charge is -2.42. The highest BCUT2D eigenvalue weighted by molar-refractivity contribution is 6.20. The summed E-state index contributed by atoms with van der Waals surface area (Å²) in [5.41, 5.74) is -1.73. The molecule has 1 aromatic carbocycles. The van der Waals surface area contributed by atoms with Gasteiger partial charge in [0.2, 0.25) is 5.91 Å². The first-order valence-electron chi connectivity index (χ1n) is 9.50. The van der Waals surface area contributed by atoms with E-state index >= 15 is 4.39 Å². The van der Waals surface area contributed by atoms with E-state index in [9.17, 15) is 9.59 Å². The molecular formula is C20H27ClFN3O2. The summed E-state index contributed by atoms with van der Waals surface area (Å²) in [4.78, 5) is 26.2. The summed E-state index contributed by atoms with van der Waals surface area (Å²) in [6.45, 7) is 2.53. The molecule has 1 saturated carbocycles. The number of hydrogen-bond acceptors (Lipinski definition) is 3. The number of piperidine rings is 1. The Morgan fingerprint density at radius 2 is 1.96 bits per heavy atom. The largest absolute Gasteiger partial charge is 0.350 e. The van der Waals surface area contributed by atoms with Crippen LogP contribution in [0.4, 0.5) is 4.39 Å². The van der Waals surface area contributed by atoms with Crippen molar-refractivity contribution in [2.45, 2.75) is 55.7 Å². The summed E-state index contributed by atoms with van der Waals surface area (Å²) in [5, 5.41) is 5.71. The third kappa shape index (κ3) is 5.20. The van der Waals surface area contributed by atoms with E-state index in [-0.39, 0.29) is 43.3 Å². The molecule has 5 nitrogen and oxygen atoms in total. The molecule has 1 aliphatic heterocycles. The lowest BCUT2D eigenvalue weighted by atomic mass is 9.78. The number of carbonyl (C=O) groups is 2. The van der Waals surface area contributed by atoms with E-state index in [1.807, 2.05) is 13.0 Å². The Kier molecular flexibility index (Phi) is 6.06. The summed E-state index contributed by atoms with van der Waals surface area (Å²) >= 11 is 6.36. The predicted molar refractivity (Wildman–Crippen MR) is 103 cm³/mol. The standard InChI is InChI=1S/C20H27ClFN3O2/c1-19(8-5-9-19)24-17(26)13-25-11-10-20(22,12-16(25)21)14-23-18(27)15-6-3-2-4-7-15/h2-4,6-7,16H,5,8-14H2,1H3,(H,23,27)(H,24,26). The van der Waals surface area contributed by atoms with E-state index in [1.165, 1.54) is 0 Å². The molecule has 2 N–H and O–H groups in total. The second-order valence-electron chi connectivity index (χ2n) is 8.02. The van der Waals surface area contributed by atoms with E-state index in [0.717, 1.165) is 19.3 Å². The van der Waals surface area contributed by atoms with Gasteiger partial charge >= 0.3 is 0 Å². The smallest absolute Gasteiger partial charge is 0.251 e. The number of halogens is 2. The Hall–Kier alpha value is -1.66. The Morgan fingerprint density at radius 1 is 1.26 bits per heavy atom. The summed E-state index contributed by atoms with van der Waals surface area (Å²) in [6.07, 6.45) is 3.44. The van der Waals surface area contributed by atoms with Crippen molar-refractivity contribution in [1.82, 2.24) is 15.5 Å². The molecule has 2 amide bonds. The van der Waals surface area contributed by atoms with Crippen LogP contribution in [0.2, 0.25) is 0 Å². The average Bonchev–Trinajstić information content (AvgIpc) is 2.62. The maximum atomic E-state index is 15.1. The fourth-order valence-corrected chi connectivity index (χ4v) is 4.12. The van der Waals surface area contributed by atoms with Gasteiger partial charge in [-0.2, -0.15) is 0 Å². The SMILES string of the molecule is CC1(NC(=O)CN2CCC(F)(CNC(=O)c3ccccc3)CC2Cl)CCC1. The van der Waals surface area contributed by atoms with Crippen molar-refractivity contribution in [2.75, 3.05) is 19.6 Å². The van der Waals surface area contributed by atoms with Gasteiger partial charge in [-0.05, 0) is 44.7 Å². The average molecular weight is 396 g/mol. The van der Waals surface area contributed by atoms with Crippen LogP contribution in [0.15, 0.2) is 30.3 Å². The number of hydrogen-bond donors (Lipinski definition) is 2. The highest BCUT2D eigenvalue weighted by Crippen LogP contribution is 2.33. The fourth-order valence-electron chi connectivity index (χ4n) is 3.68. The first kappa shape index (κ1) is 20.1. The molecule has 0 spiro atoms. The van der Waals surface area contributed by atoms with E-state index < -0.39 is 11.2 Å².